The lowest BCUT2D eigenvalue weighted by Crippen LogP contribution is -2.44. The first-order valence-electron chi connectivity index (χ1n) is 10.6. The van der Waals surface area contributed by atoms with Crippen molar-refractivity contribution < 1.29 is 9.21 Å². The number of nitrogens with one attached hydrogen (secondary N) is 1. The Morgan fingerprint density at radius 3 is 2.62 bits per heavy atom. The average molecular weight is 417 g/mol. The second-order valence-corrected chi connectivity index (χ2v) is 8.41. The zero-order valence-corrected chi connectivity index (χ0v) is 17.5. The van der Waals surface area contributed by atoms with Crippen LogP contribution in [-0.4, -0.2) is 48.5 Å². The van der Waals surface area contributed by atoms with Crippen LogP contribution in [0.3, 0.4) is 0 Å². The third-order valence-electron chi connectivity index (χ3n) is 6.07. The van der Waals surface area contributed by atoms with Crippen LogP contribution in [-0.2, 0) is 4.79 Å². The quantitative estimate of drug-likeness (QED) is 0.774. The predicted molar refractivity (Wildman–Crippen MR) is 114 cm³/mol. The summed E-state index contributed by atoms with van der Waals surface area (Å²) < 4.78 is 5.68. The fourth-order valence-electron chi connectivity index (χ4n) is 4.39. The van der Waals surface area contributed by atoms with Crippen molar-refractivity contribution in [2.24, 2.45) is 5.92 Å². The maximum absolute atomic E-state index is 12.8. The Bertz CT molecular complexity index is 767. The number of furan rings is 1. The molecular formula is C22H29ClN4O2. The van der Waals surface area contributed by atoms with Crippen LogP contribution in [0, 0.1) is 5.92 Å². The summed E-state index contributed by atoms with van der Waals surface area (Å²) in [5.74, 6) is 2.08. The summed E-state index contributed by atoms with van der Waals surface area (Å²) in [7, 11) is 0. The Labute approximate surface area is 177 Å². The van der Waals surface area contributed by atoms with Gasteiger partial charge in [-0.3, -0.25) is 9.69 Å². The number of hydrogen-bond donors (Lipinski definition) is 1. The van der Waals surface area contributed by atoms with E-state index in [0.29, 0.717) is 11.6 Å². The highest BCUT2D eigenvalue weighted by Crippen LogP contribution is 2.26. The van der Waals surface area contributed by atoms with Crippen LogP contribution in [0.15, 0.2) is 41.1 Å². The van der Waals surface area contributed by atoms with Crippen molar-refractivity contribution >= 4 is 23.3 Å². The molecule has 0 bridgehead atoms. The summed E-state index contributed by atoms with van der Waals surface area (Å²) in [6, 6.07) is 7.86. The molecule has 4 rings (SSSR count). The number of aromatic nitrogens is 1. The predicted octanol–water partition coefficient (Wildman–Crippen LogP) is 3.89. The van der Waals surface area contributed by atoms with Crippen molar-refractivity contribution in [3.05, 3.63) is 47.5 Å². The number of hydrogen-bond acceptors (Lipinski definition) is 5. The van der Waals surface area contributed by atoms with Crippen molar-refractivity contribution in [2.45, 2.75) is 38.1 Å². The van der Waals surface area contributed by atoms with Crippen molar-refractivity contribution in [3.8, 4) is 0 Å². The van der Waals surface area contributed by atoms with E-state index in [-0.39, 0.29) is 17.9 Å². The standard InChI is InChI=1S/C22H29ClN4O2/c23-18-6-7-21(24-15-18)27-12-8-17(9-13-27)22(28)25-16-19(20-5-4-14-29-20)26-10-2-1-3-11-26/h4-7,14-15,17,19H,1-3,8-13,16H2,(H,25,28). The molecule has 2 fully saturated rings. The van der Waals surface area contributed by atoms with Gasteiger partial charge in [-0.2, -0.15) is 0 Å². The Kier molecular flexibility index (Phi) is 6.72. The fraction of sp³-hybridized carbons (Fsp3) is 0.545. The molecule has 7 heteroatoms. The molecule has 156 valence electrons. The maximum Gasteiger partial charge on any atom is 0.223 e. The van der Waals surface area contributed by atoms with Gasteiger partial charge in [-0.25, -0.2) is 4.98 Å². The molecule has 1 unspecified atom stereocenters. The number of amides is 1. The minimum Gasteiger partial charge on any atom is -0.468 e. The van der Waals surface area contributed by atoms with Gasteiger partial charge in [-0.15, -0.1) is 0 Å². The molecule has 2 saturated heterocycles. The highest BCUT2D eigenvalue weighted by atomic mass is 35.5. The van der Waals surface area contributed by atoms with E-state index >= 15 is 0 Å². The first-order valence-corrected chi connectivity index (χ1v) is 11.0. The number of carbonyl (C=O) groups is 1. The van der Waals surface area contributed by atoms with E-state index in [1.807, 2.05) is 24.3 Å². The van der Waals surface area contributed by atoms with Crippen LogP contribution in [0.1, 0.15) is 43.9 Å². The maximum atomic E-state index is 12.8. The molecule has 4 heterocycles. The minimum absolute atomic E-state index is 0.0529. The monoisotopic (exact) mass is 416 g/mol. The Hall–Kier alpha value is -2.05. The summed E-state index contributed by atoms with van der Waals surface area (Å²) in [6.07, 6.45) is 8.77. The van der Waals surface area contributed by atoms with Gasteiger partial charge in [-0.1, -0.05) is 18.0 Å². The molecule has 1 atom stereocenters. The average Bonchev–Trinajstić information content (AvgIpc) is 3.30. The molecule has 0 aliphatic carbocycles. The third-order valence-corrected chi connectivity index (χ3v) is 6.30. The lowest BCUT2D eigenvalue weighted by Gasteiger charge is -2.35. The zero-order chi connectivity index (χ0) is 20.1. The van der Waals surface area contributed by atoms with E-state index in [1.165, 1.54) is 19.3 Å². The van der Waals surface area contributed by atoms with Crippen molar-refractivity contribution in [2.75, 3.05) is 37.6 Å². The zero-order valence-electron chi connectivity index (χ0n) is 16.7. The van der Waals surface area contributed by atoms with Crippen molar-refractivity contribution in [3.63, 3.8) is 0 Å². The van der Waals surface area contributed by atoms with Gasteiger partial charge in [0.05, 0.1) is 17.3 Å². The first-order chi connectivity index (χ1) is 14.2. The Morgan fingerprint density at radius 1 is 1.17 bits per heavy atom. The Balaban J connectivity index is 1.30. The van der Waals surface area contributed by atoms with Gasteiger partial charge in [0, 0.05) is 31.7 Å². The second-order valence-electron chi connectivity index (χ2n) is 7.97. The molecule has 0 radical (unpaired) electrons. The molecule has 2 aromatic rings. The third kappa shape index (κ3) is 5.11. The van der Waals surface area contributed by atoms with Gasteiger partial charge in [0.1, 0.15) is 11.6 Å². The van der Waals surface area contributed by atoms with Gasteiger partial charge in [0.15, 0.2) is 0 Å². The summed E-state index contributed by atoms with van der Waals surface area (Å²) in [5, 5.41) is 3.85. The fourth-order valence-corrected chi connectivity index (χ4v) is 4.50. The molecule has 0 aromatic carbocycles. The van der Waals surface area contributed by atoms with Crippen LogP contribution in [0.4, 0.5) is 5.82 Å². The SMILES string of the molecule is O=C(NCC(c1ccco1)N1CCCCC1)C1CCN(c2ccc(Cl)cn2)CC1. The number of rotatable bonds is 6. The van der Waals surface area contributed by atoms with Crippen molar-refractivity contribution in [1.29, 1.82) is 0 Å². The number of nitrogens with zero attached hydrogens (tertiary/aromatic N) is 3. The van der Waals surface area contributed by atoms with E-state index in [9.17, 15) is 4.79 Å². The highest BCUT2D eigenvalue weighted by molar-refractivity contribution is 6.30. The number of likely N-dealkylation sites (tertiary alicyclic amines) is 1. The van der Waals surface area contributed by atoms with Gasteiger partial charge in [-0.05, 0) is 63.0 Å². The molecule has 2 aliphatic heterocycles. The number of halogens is 1. The smallest absolute Gasteiger partial charge is 0.223 e. The topological polar surface area (TPSA) is 61.6 Å². The number of carbonyl (C=O) groups excluding carboxylic acids is 1. The summed E-state index contributed by atoms with van der Waals surface area (Å²) >= 11 is 5.92. The van der Waals surface area contributed by atoms with E-state index < -0.39 is 0 Å². The van der Waals surface area contributed by atoms with Crippen LogP contribution >= 0.6 is 11.6 Å². The van der Waals surface area contributed by atoms with Crippen LogP contribution in [0.2, 0.25) is 5.02 Å². The van der Waals surface area contributed by atoms with E-state index in [2.05, 4.69) is 20.1 Å². The van der Waals surface area contributed by atoms with Crippen LogP contribution in [0.25, 0.3) is 0 Å². The van der Waals surface area contributed by atoms with E-state index in [0.717, 1.165) is 50.6 Å². The summed E-state index contributed by atoms with van der Waals surface area (Å²) in [6.45, 7) is 4.40. The highest BCUT2D eigenvalue weighted by Gasteiger charge is 2.28. The molecule has 2 aromatic heterocycles. The second kappa shape index (κ2) is 9.63. The minimum atomic E-state index is 0.0529. The van der Waals surface area contributed by atoms with Gasteiger partial charge in [0.25, 0.3) is 0 Å². The number of anilines is 1. The molecule has 0 spiro atoms. The largest absolute Gasteiger partial charge is 0.468 e. The molecular weight excluding hydrogens is 388 g/mol. The molecule has 1 amide bonds. The molecule has 29 heavy (non-hydrogen) atoms. The van der Waals surface area contributed by atoms with Crippen LogP contribution in [0.5, 0.6) is 0 Å². The van der Waals surface area contributed by atoms with Crippen molar-refractivity contribution in [1.82, 2.24) is 15.2 Å². The molecule has 0 saturated carbocycles. The van der Waals surface area contributed by atoms with Gasteiger partial charge < -0.3 is 14.6 Å². The van der Waals surface area contributed by atoms with Gasteiger partial charge >= 0.3 is 0 Å². The lowest BCUT2D eigenvalue weighted by atomic mass is 9.95. The van der Waals surface area contributed by atoms with E-state index in [1.54, 1.807) is 12.5 Å². The summed E-state index contributed by atoms with van der Waals surface area (Å²) in [4.78, 5) is 21.9. The van der Waals surface area contributed by atoms with E-state index in [4.69, 9.17) is 16.0 Å². The molecule has 6 nitrogen and oxygen atoms in total. The van der Waals surface area contributed by atoms with Crippen LogP contribution < -0.4 is 10.2 Å². The number of piperidine rings is 2. The molecule has 2 aliphatic rings. The molecule has 1 N–H and O–H groups in total. The summed E-state index contributed by atoms with van der Waals surface area (Å²) in [5.41, 5.74) is 0. The van der Waals surface area contributed by atoms with Gasteiger partial charge in [0.2, 0.25) is 5.91 Å². The Morgan fingerprint density at radius 2 is 1.97 bits per heavy atom. The normalized spacial score (nSPS) is 19.8. The number of pyridine rings is 1. The first kappa shape index (κ1) is 20.2. The lowest BCUT2D eigenvalue weighted by molar-refractivity contribution is -0.125.